The van der Waals surface area contributed by atoms with Crippen LogP contribution in [0.1, 0.15) is 25.7 Å². The van der Waals surface area contributed by atoms with Crippen LogP contribution in [0.2, 0.25) is 0 Å². The molecule has 0 spiro atoms. The van der Waals surface area contributed by atoms with Crippen molar-refractivity contribution in [3.63, 3.8) is 0 Å². The number of hydrogen-bond donors (Lipinski definition) is 1. The van der Waals surface area contributed by atoms with Gasteiger partial charge in [-0.05, 0) is 31.6 Å². The highest BCUT2D eigenvalue weighted by molar-refractivity contribution is 14.1. The van der Waals surface area contributed by atoms with Crippen LogP contribution in [0.5, 0.6) is 0 Å². The van der Waals surface area contributed by atoms with E-state index in [-0.39, 0.29) is 34.4 Å². The fourth-order valence-corrected chi connectivity index (χ4v) is 6.92. The minimum absolute atomic E-state index is 0.0108. The van der Waals surface area contributed by atoms with Gasteiger partial charge in [0.15, 0.2) is 0 Å². The van der Waals surface area contributed by atoms with Crippen molar-refractivity contribution >= 4 is 22.6 Å². The minimum atomic E-state index is -0.332. The van der Waals surface area contributed by atoms with Crippen LogP contribution in [0, 0.1) is 11.8 Å². The van der Waals surface area contributed by atoms with Gasteiger partial charge in [0.25, 0.3) is 0 Å². The van der Waals surface area contributed by atoms with Crippen molar-refractivity contribution in [1.29, 1.82) is 0 Å². The van der Waals surface area contributed by atoms with E-state index < -0.39 is 0 Å². The van der Waals surface area contributed by atoms with Gasteiger partial charge >= 0.3 is 0 Å². The van der Waals surface area contributed by atoms with Gasteiger partial charge < -0.3 is 33.9 Å². The molecule has 3 aliphatic rings. The fraction of sp³-hybridized carbons (Fsp3) is 1.00. The first-order valence-corrected chi connectivity index (χ1v) is 12.6. The molecule has 30 heavy (non-hydrogen) atoms. The molecule has 1 aliphatic heterocycles. The van der Waals surface area contributed by atoms with Crippen molar-refractivity contribution in [2.75, 3.05) is 67.7 Å². The van der Waals surface area contributed by atoms with Gasteiger partial charge in [-0.1, -0.05) is 22.6 Å². The molecule has 2 saturated carbocycles. The summed E-state index contributed by atoms with van der Waals surface area (Å²) in [5, 5.41) is 10.3. The Morgan fingerprint density at radius 1 is 0.767 bits per heavy atom. The third-order valence-corrected chi connectivity index (χ3v) is 8.72. The number of aliphatic hydroxyl groups is 1. The van der Waals surface area contributed by atoms with Gasteiger partial charge in [0.05, 0.1) is 24.4 Å². The van der Waals surface area contributed by atoms with E-state index in [4.69, 9.17) is 18.9 Å². The van der Waals surface area contributed by atoms with Gasteiger partial charge in [-0.15, -0.1) is 0 Å². The summed E-state index contributed by atoms with van der Waals surface area (Å²) in [7, 11) is 7.06. The Labute approximate surface area is 195 Å². The summed E-state index contributed by atoms with van der Waals surface area (Å²) in [6.07, 6.45) is 4.08. The predicted octanol–water partition coefficient (Wildman–Crippen LogP) is 1.65. The molecule has 0 aromatic carbocycles. The topological polar surface area (TPSA) is 63.6 Å². The first kappa shape index (κ1) is 25.1. The van der Waals surface area contributed by atoms with Crippen molar-refractivity contribution in [2.24, 2.45) is 11.8 Å². The van der Waals surface area contributed by atoms with Gasteiger partial charge in [-0.3, -0.25) is 0 Å². The molecular weight excluding hydrogens is 499 g/mol. The summed E-state index contributed by atoms with van der Waals surface area (Å²) in [5.41, 5.74) is 0. The molecule has 0 radical (unpaired) electrons. The molecule has 176 valence electrons. The van der Waals surface area contributed by atoms with Crippen LogP contribution in [0.25, 0.3) is 0 Å². The van der Waals surface area contributed by atoms with Crippen LogP contribution in [0.15, 0.2) is 0 Å². The van der Waals surface area contributed by atoms with E-state index in [1.54, 1.807) is 28.4 Å². The Balaban J connectivity index is 1.45. The Bertz CT molecular complexity index is 508. The monoisotopic (exact) mass is 540 g/mol. The van der Waals surface area contributed by atoms with E-state index >= 15 is 0 Å². The van der Waals surface area contributed by atoms with E-state index in [9.17, 15) is 5.11 Å². The molecule has 8 heteroatoms. The number of piperazine rings is 1. The van der Waals surface area contributed by atoms with Crippen LogP contribution in [-0.4, -0.2) is 117 Å². The van der Waals surface area contributed by atoms with Gasteiger partial charge in [-0.25, -0.2) is 0 Å². The lowest BCUT2D eigenvalue weighted by atomic mass is 9.81. The van der Waals surface area contributed by atoms with Gasteiger partial charge in [0.1, 0.15) is 6.10 Å². The van der Waals surface area contributed by atoms with Crippen molar-refractivity contribution < 1.29 is 24.1 Å². The third-order valence-electron chi connectivity index (χ3n) is 7.48. The third kappa shape index (κ3) is 6.07. The number of aliphatic hydroxyl groups excluding tert-OH is 1. The van der Waals surface area contributed by atoms with Crippen LogP contribution < -0.4 is 0 Å². The second-order valence-electron chi connectivity index (χ2n) is 9.23. The minimum Gasteiger partial charge on any atom is -0.389 e. The second kappa shape index (κ2) is 12.1. The molecule has 8 unspecified atom stereocenters. The van der Waals surface area contributed by atoms with Crippen molar-refractivity contribution in [3.8, 4) is 0 Å². The molecule has 7 nitrogen and oxygen atoms in total. The summed E-state index contributed by atoms with van der Waals surface area (Å²) in [4.78, 5) is 5.19. The number of ether oxygens (including phenoxy) is 4. The molecule has 0 aromatic heterocycles. The SMILES string of the molecule is COC1CC(CN2CCN(CC3CCC(OC)C(OC)C3OC)CC2)CC(I)C1O. The maximum Gasteiger partial charge on any atom is 0.110 e. The van der Waals surface area contributed by atoms with Crippen molar-refractivity contribution in [1.82, 2.24) is 9.80 Å². The average Bonchev–Trinajstić information content (AvgIpc) is 2.76. The zero-order chi connectivity index (χ0) is 21.7. The van der Waals surface area contributed by atoms with Crippen molar-refractivity contribution in [3.05, 3.63) is 0 Å². The number of hydrogen-bond acceptors (Lipinski definition) is 7. The molecule has 0 aromatic rings. The molecule has 0 bridgehead atoms. The average molecular weight is 540 g/mol. The summed E-state index contributed by atoms with van der Waals surface area (Å²) < 4.78 is 23.1. The Kier molecular flexibility index (Phi) is 10.1. The largest absolute Gasteiger partial charge is 0.389 e. The van der Waals surface area contributed by atoms with Crippen LogP contribution in [-0.2, 0) is 18.9 Å². The lowest BCUT2D eigenvalue weighted by molar-refractivity contribution is -0.152. The van der Waals surface area contributed by atoms with E-state index in [1.165, 1.54) is 0 Å². The summed E-state index contributed by atoms with van der Waals surface area (Å²) in [5.74, 6) is 1.09. The van der Waals surface area contributed by atoms with E-state index in [2.05, 4.69) is 32.4 Å². The number of nitrogens with zero attached hydrogens (tertiary/aromatic N) is 2. The van der Waals surface area contributed by atoms with Crippen LogP contribution >= 0.6 is 22.6 Å². The molecule has 1 N–H and O–H groups in total. The lowest BCUT2D eigenvalue weighted by Crippen LogP contribution is -2.55. The maximum absolute atomic E-state index is 10.3. The molecule has 3 rings (SSSR count). The number of halogens is 1. The number of alkyl halides is 1. The van der Waals surface area contributed by atoms with E-state index in [0.29, 0.717) is 11.8 Å². The normalized spacial score (nSPS) is 41.8. The van der Waals surface area contributed by atoms with Gasteiger partial charge in [-0.2, -0.15) is 0 Å². The van der Waals surface area contributed by atoms with Gasteiger partial charge in [0.2, 0.25) is 0 Å². The molecule has 2 aliphatic carbocycles. The molecule has 0 amide bonds. The lowest BCUT2D eigenvalue weighted by Gasteiger charge is -2.44. The van der Waals surface area contributed by atoms with E-state index in [0.717, 1.165) is 65.0 Å². The second-order valence-corrected chi connectivity index (χ2v) is 10.8. The zero-order valence-electron chi connectivity index (χ0n) is 19.0. The fourth-order valence-electron chi connectivity index (χ4n) is 5.74. The molecule has 3 fully saturated rings. The van der Waals surface area contributed by atoms with Crippen LogP contribution in [0.4, 0.5) is 0 Å². The first-order chi connectivity index (χ1) is 14.5. The Morgan fingerprint density at radius 3 is 1.93 bits per heavy atom. The summed E-state index contributed by atoms with van der Waals surface area (Å²) in [6, 6.07) is 0. The van der Waals surface area contributed by atoms with Crippen molar-refractivity contribution in [2.45, 2.75) is 60.1 Å². The molecule has 8 atom stereocenters. The Morgan fingerprint density at radius 2 is 1.37 bits per heavy atom. The smallest absolute Gasteiger partial charge is 0.110 e. The highest BCUT2D eigenvalue weighted by Crippen LogP contribution is 2.33. The summed E-state index contributed by atoms with van der Waals surface area (Å²) >= 11 is 2.39. The Hall–Kier alpha value is 0.450. The number of rotatable bonds is 8. The maximum atomic E-state index is 10.3. The standard InChI is InChI=1S/C22H41IN2O5/c1-27-18-6-5-16(21(29-3)22(18)30-4)14-25-9-7-24(8-10-25)13-15-11-17(23)20(26)19(12-15)28-2/h15-22,26H,5-14H2,1-4H3. The highest BCUT2D eigenvalue weighted by atomic mass is 127. The van der Waals surface area contributed by atoms with Crippen LogP contribution in [0.3, 0.4) is 0 Å². The van der Waals surface area contributed by atoms with E-state index in [1.807, 2.05) is 0 Å². The highest BCUT2D eigenvalue weighted by Gasteiger charge is 2.41. The zero-order valence-corrected chi connectivity index (χ0v) is 21.2. The molecular formula is C22H41IN2O5. The van der Waals surface area contributed by atoms with Gasteiger partial charge in [0, 0.05) is 77.6 Å². The number of methoxy groups -OCH3 is 4. The predicted molar refractivity (Wildman–Crippen MR) is 125 cm³/mol. The molecule has 1 heterocycles. The quantitative estimate of drug-likeness (QED) is 0.371. The summed E-state index contributed by atoms with van der Waals surface area (Å²) in [6.45, 7) is 6.62. The first-order valence-electron chi connectivity index (χ1n) is 11.4. The molecule has 1 saturated heterocycles.